The van der Waals surface area contributed by atoms with Crippen molar-refractivity contribution >= 4 is 17.9 Å². The van der Waals surface area contributed by atoms with Crippen molar-refractivity contribution in [2.75, 3.05) is 13.2 Å². The maximum absolute atomic E-state index is 9.00. The van der Waals surface area contributed by atoms with E-state index in [1.165, 1.54) is 0 Å². The first-order valence-corrected chi connectivity index (χ1v) is 5.16. The number of rotatable bonds is 3. The van der Waals surface area contributed by atoms with Crippen LogP contribution in [0.3, 0.4) is 0 Å². The van der Waals surface area contributed by atoms with E-state index in [2.05, 4.69) is 0 Å². The van der Waals surface area contributed by atoms with Crippen molar-refractivity contribution < 1.29 is 34.8 Å². The van der Waals surface area contributed by atoms with Gasteiger partial charge in [-0.05, 0) is 6.42 Å². The fraction of sp³-hybridized carbons (Fsp3) is 0.700. The lowest BCUT2D eigenvalue weighted by Gasteiger charge is -2.02. The van der Waals surface area contributed by atoms with Gasteiger partial charge in [-0.25, -0.2) is 0 Å². The summed E-state index contributed by atoms with van der Waals surface area (Å²) in [7, 11) is 0. The summed E-state index contributed by atoms with van der Waals surface area (Å²) in [5.74, 6) is -2.50. The summed E-state index contributed by atoms with van der Waals surface area (Å²) in [5, 5.41) is 30.5. The van der Waals surface area contributed by atoms with E-state index < -0.39 is 17.9 Å². The van der Waals surface area contributed by atoms with Crippen molar-refractivity contribution in [1.29, 1.82) is 0 Å². The van der Waals surface area contributed by atoms with Crippen molar-refractivity contribution in [3.63, 3.8) is 0 Å². The predicted octanol–water partition coefficient (Wildman–Crippen LogP) is -1.07. The molecule has 0 fully saturated rings. The fourth-order valence-corrected chi connectivity index (χ4v) is 0.284. The molecule has 0 aliphatic rings. The van der Waals surface area contributed by atoms with Crippen LogP contribution < -0.4 is 11.5 Å². The number of hydrogen-bond donors (Lipinski definition) is 6. The Morgan fingerprint density at radius 3 is 1.21 bits per heavy atom. The molecule has 0 bridgehead atoms. The molecule has 0 aliphatic carbocycles. The minimum absolute atomic E-state index is 0.0231. The lowest BCUT2D eigenvalue weighted by atomic mass is 10.2. The third-order valence-corrected chi connectivity index (χ3v) is 0.803. The number of nitrogens with two attached hydrogens (primary N) is 2. The van der Waals surface area contributed by atoms with E-state index in [0.717, 1.165) is 20.8 Å². The van der Waals surface area contributed by atoms with Crippen molar-refractivity contribution in [3.05, 3.63) is 0 Å². The molecule has 0 radical (unpaired) electrons. The molecule has 0 aromatic carbocycles. The second-order valence-corrected chi connectivity index (χ2v) is 3.07. The molecule has 116 valence electrons. The summed E-state index contributed by atoms with van der Waals surface area (Å²) in [5.41, 5.74) is 10.4. The van der Waals surface area contributed by atoms with Crippen LogP contribution >= 0.6 is 0 Å². The van der Waals surface area contributed by atoms with Gasteiger partial charge in [0.1, 0.15) is 0 Å². The number of hydrogen-bond acceptors (Lipinski definition) is 6. The average Bonchev–Trinajstić information content (AvgIpc) is 2.15. The minimum atomic E-state index is -0.833. The zero-order chi connectivity index (χ0) is 16.4. The third kappa shape index (κ3) is 307. The molecule has 0 rings (SSSR count). The number of carboxylic acids is 3. The molecule has 9 nitrogen and oxygen atoms in total. The Balaban J connectivity index is -0.0000000825. The first-order chi connectivity index (χ1) is 8.50. The monoisotopic (exact) mass is 284 g/mol. The van der Waals surface area contributed by atoms with Gasteiger partial charge in [0.05, 0.1) is 0 Å². The van der Waals surface area contributed by atoms with E-state index in [9.17, 15) is 0 Å². The van der Waals surface area contributed by atoms with Gasteiger partial charge in [0.2, 0.25) is 0 Å². The van der Waals surface area contributed by atoms with E-state index in [1.807, 2.05) is 0 Å². The number of carboxylic acid groups (broad SMARTS) is 3. The second kappa shape index (κ2) is 21.6. The normalized spacial score (nSPS) is 9.16. The summed E-state index contributed by atoms with van der Waals surface area (Å²) in [6, 6.07) is -0.0231. The maximum atomic E-state index is 9.00. The van der Waals surface area contributed by atoms with Crippen LogP contribution in [0.4, 0.5) is 0 Å². The highest BCUT2D eigenvalue weighted by Crippen LogP contribution is 1.79. The molecule has 0 saturated carbocycles. The van der Waals surface area contributed by atoms with Gasteiger partial charge in [-0.15, -0.1) is 0 Å². The SMILES string of the molecule is CC(=O)O.CC(=O)O.CC(=O)O.NCC(N)CCO. The summed E-state index contributed by atoms with van der Waals surface area (Å²) < 4.78 is 0. The van der Waals surface area contributed by atoms with Crippen LogP contribution in [-0.2, 0) is 14.4 Å². The average molecular weight is 284 g/mol. The molecular weight excluding hydrogens is 260 g/mol. The standard InChI is InChI=1S/C4H12N2O.3C2H4O2/c5-3-4(6)1-2-7;3*1-2(3)4/h4,7H,1-3,5-6H2;3*1H3,(H,3,4). The number of aliphatic carboxylic acids is 3. The van der Waals surface area contributed by atoms with Crippen molar-refractivity contribution in [2.24, 2.45) is 11.5 Å². The first kappa shape index (κ1) is 26.0. The van der Waals surface area contributed by atoms with Crippen molar-refractivity contribution in [2.45, 2.75) is 33.2 Å². The Hall–Kier alpha value is -1.71. The van der Waals surface area contributed by atoms with Crippen LogP contribution in [0.5, 0.6) is 0 Å². The van der Waals surface area contributed by atoms with Crippen LogP contribution in [0.2, 0.25) is 0 Å². The molecule has 0 heterocycles. The topological polar surface area (TPSA) is 184 Å². The largest absolute Gasteiger partial charge is 0.481 e. The molecular formula is C10H24N2O7. The van der Waals surface area contributed by atoms with Crippen molar-refractivity contribution in [1.82, 2.24) is 0 Å². The van der Waals surface area contributed by atoms with E-state index in [-0.39, 0.29) is 12.6 Å². The summed E-state index contributed by atoms with van der Waals surface area (Å²) in [4.78, 5) is 27.0. The molecule has 0 spiro atoms. The molecule has 0 aromatic heterocycles. The summed E-state index contributed by atoms with van der Waals surface area (Å²) in [6.45, 7) is 3.85. The Morgan fingerprint density at radius 2 is 1.16 bits per heavy atom. The summed E-state index contributed by atoms with van der Waals surface area (Å²) in [6.07, 6.45) is 0.608. The van der Waals surface area contributed by atoms with Crippen LogP contribution in [0, 0.1) is 0 Å². The van der Waals surface area contributed by atoms with Crippen LogP contribution in [0.1, 0.15) is 27.2 Å². The van der Waals surface area contributed by atoms with Crippen LogP contribution in [0.15, 0.2) is 0 Å². The fourth-order valence-electron chi connectivity index (χ4n) is 0.284. The summed E-state index contributed by atoms with van der Waals surface area (Å²) >= 11 is 0. The Labute approximate surface area is 111 Å². The Bertz CT molecular complexity index is 193. The molecule has 0 aliphatic heterocycles. The van der Waals surface area contributed by atoms with E-state index in [1.54, 1.807) is 0 Å². The van der Waals surface area contributed by atoms with Gasteiger partial charge in [-0.1, -0.05) is 0 Å². The Kier molecular flexibility index (Phi) is 29.5. The zero-order valence-electron chi connectivity index (χ0n) is 11.4. The molecule has 0 aromatic rings. The van der Waals surface area contributed by atoms with E-state index in [4.69, 9.17) is 46.3 Å². The molecule has 0 saturated heterocycles. The van der Waals surface area contributed by atoms with Gasteiger partial charge >= 0.3 is 0 Å². The molecule has 0 amide bonds. The number of aliphatic hydroxyl groups is 1. The first-order valence-electron chi connectivity index (χ1n) is 5.16. The van der Waals surface area contributed by atoms with E-state index >= 15 is 0 Å². The maximum Gasteiger partial charge on any atom is 0.300 e. The lowest BCUT2D eigenvalue weighted by Crippen LogP contribution is -2.30. The van der Waals surface area contributed by atoms with Gasteiger partial charge < -0.3 is 31.9 Å². The van der Waals surface area contributed by atoms with Crippen LogP contribution in [-0.4, -0.2) is 57.5 Å². The highest BCUT2D eigenvalue weighted by Gasteiger charge is 1.93. The highest BCUT2D eigenvalue weighted by molar-refractivity contribution is 5.63. The highest BCUT2D eigenvalue weighted by atomic mass is 16.4. The number of aliphatic hydroxyl groups excluding tert-OH is 1. The van der Waals surface area contributed by atoms with Crippen molar-refractivity contribution in [3.8, 4) is 0 Å². The third-order valence-electron chi connectivity index (χ3n) is 0.803. The molecule has 1 unspecified atom stereocenters. The molecule has 8 N–H and O–H groups in total. The Morgan fingerprint density at radius 1 is 0.947 bits per heavy atom. The van der Waals surface area contributed by atoms with Gasteiger partial charge in [-0.3, -0.25) is 14.4 Å². The van der Waals surface area contributed by atoms with E-state index in [0.29, 0.717) is 13.0 Å². The predicted molar refractivity (Wildman–Crippen MR) is 68.7 cm³/mol. The lowest BCUT2D eigenvalue weighted by molar-refractivity contribution is -0.135. The van der Waals surface area contributed by atoms with Gasteiger partial charge in [-0.2, -0.15) is 0 Å². The smallest absolute Gasteiger partial charge is 0.300 e. The molecule has 19 heavy (non-hydrogen) atoms. The van der Waals surface area contributed by atoms with Gasteiger partial charge in [0.25, 0.3) is 17.9 Å². The van der Waals surface area contributed by atoms with Gasteiger partial charge in [0.15, 0.2) is 0 Å². The molecule has 9 heteroatoms. The molecule has 1 atom stereocenters. The van der Waals surface area contributed by atoms with Gasteiger partial charge in [0, 0.05) is 40.0 Å². The second-order valence-electron chi connectivity index (χ2n) is 3.07. The quantitative estimate of drug-likeness (QED) is 0.375. The van der Waals surface area contributed by atoms with Crippen LogP contribution in [0.25, 0.3) is 0 Å². The zero-order valence-corrected chi connectivity index (χ0v) is 11.4. The minimum Gasteiger partial charge on any atom is -0.481 e. The number of carbonyl (C=O) groups is 3.